The lowest BCUT2D eigenvalue weighted by Gasteiger charge is -2.38. The number of hydrogen-bond acceptors (Lipinski definition) is 8. The molecule has 1 aliphatic heterocycles. The molecule has 236 valence electrons. The van der Waals surface area contributed by atoms with Crippen molar-refractivity contribution in [2.75, 3.05) is 13.6 Å². The maximum Gasteiger partial charge on any atom is 0.413 e. The van der Waals surface area contributed by atoms with Crippen molar-refractivity contribution in [1.82, 2.24) is 20.9 Å². The van der Waals surface area contributed by atoms with Crippen LogP contribution in [0.5, 0.6) is 0 Å². The smallest absolute Gasteiger partial charge is 0.411 e. The third-order valence-corrected chi connectivity index (χ3v) is 9.54. The minimum absolute atomic E-state index is 0.0616. The maximum absolute atomic E-state index is 14.1. The van der Waals surface area contributed by atoms with Gasteiger partial charge in [-0.25, -0.2) is 4.79 Å². The number of likely N-dealkylation sites (tertiary alicyclic amines) is 1. The minimum atomic E-state index is -1.06. The molecular formula is C30H43N5O8. The number of fused-ring (bicyclic) bond motifs is 1. The summed E-state index contributed by atoms with van der Waals surface area (Å²) in [5, 5.41) is 18.8. The zero-order valence-electron chi connectivity index (χ0n) is 25.7. The van der Waals surface area contributed by atoms with Gasteiger partial charge in [-0.3, -0.25) is 29.3 Å². The lowest BCUT2D eigenvalue weighted by atomic mass is 9.80. The number of nitro groups is 1. The van der Waals surface area contributed by atoms with Gasteiger partial charge in [0.05, 0.1) is 6.04 Å². The Bertz CT molecular complexity index is 1250. The van der Waals surface area contributed by atoms with Crippen molar-refractivity contribution in [3.63, 3.8) is 0 Å². The van der Waals surface area contributed by atoms with Gasteiger partial charge in [0.2, 0.25) is 23.6 Å². The number of allylic oxidation sites excluding steroid dienone is 1. The molecule has 2 unspecified atom stereocenters. The molecule has 0 aromatic heterocycles. The largest absolute Gasteiger partial charge is 0.413 e. The van der Waals surface area contributed by atoms with Crippen LogP contribution in [0.1, 0.15) is 66.7 Å². The maximum atomic E-state index is 14.1. The van der Waals surface area contributed by atoms with Crippen molar-refractivity contribution in [3.05, 3.63) is 34.1 Å². The number of hydrogen-bond donors (Lipinski definition) is 3. The second-order valence-corrected chi connectivity index (χ2v) is 13.8. The highest BCUT2D eigenvalue weighted by atomic mass is 16.6. The number of nitrogens with one attached hydrogen (secondary N) is 3. The van der Waals surface area contributed by atoms with E-state index in [0.29, 0.717) is 13.0 Å². The zero-order valence-corrected chi connectivity index (χ0v) is 25.7. The molecule has 2 saturated carbocycles. The van der Waals surface area contributed by atoms with Gasteiger partial charge in [0, 0.05) is 24.9 Å². The lowest BCUT2D eigenvalue weighted by molar-refractivity contribution is -0.508. The van der Waals surface area contributed by atoms with E-state index in [1.54, 1.807) is 20.8 Å². The van der Waals surface area contributed by atoms with Crippen LogP contribution in [0.25, 0.3) is 0 Å². The van der Waals surface area contributed by atoms with E-state index in [4.69, 9.17) is 4.74 Å². The van der Waals surface area contributed by atoms with Crippen molar-refractivity contribution in [3.8, 4) is 0 Å². The van der Waals surface area contributed by atoms with Crippen LogP contribution in [-0.2, 0) is 23.9 Å². The normalized spacial score (nSPS) is 27.0. The Morgan fingerprint density at radius 3 is 2.35 bits per heavy atom. The van der Waals surface area contributed by atoms with Gasteiger partial charge in [-0.1, -0.05) is 53.9 Å². The number of piperidine rings is 1. The molecule has 43 heavy (non-hydrogen) atoms. The summed E-state index contributed by atoms with van der Waals surface area (Å²) in [4.78, 5) is 78.0. The number of carbonyl (C=O) groups excluding carboxylic acids is 5. The molecule has 0 aromatic carbocycles. The fourth-order valence-electron chi connectivity index (χ4n) is 6.54. The number of ketones is 1. The number of amides is 4. The van der Waals surface area contributed by atoms with Gasteiger partial charge in [-0.05, 0) is 53.2 Å². The number of likely N-dealkylation sites (N-methyl/N-ethyl adjacent to an activating group) is 1. The van der Waals surface area contributed by atoms with Crippen LogP contribution in [0.2, 0.25) is 0 Å². The highest BCUT2D eigenvalue weighted by Gasteiger charge is 2.70. The van der Waals surface area contributed by atoms with E-state index in [-0.39, 0.29) is 35.3 Å². The van der Waals surface area contributed by atoms with E-state index in [9.17, 15) is 34.1 Å². The number of Topliss-reactive ketones (excluding diaryl/α,β-unsaturated/α-hetero) is 1. The molecule has 0 spiro atoms. The first-order valence-electron chi connectivity index (χ1n) is 14.9. The minimum Gasteiger partial charge on any atom is -0.411 e. The summed E-state index contributed by atoms with van der Waals surface area (Å²) < 4.78 is 5.34. The van der Waals surface area contributed by atoms with E-state index >= 15 is 0 Å². The number of rotatable bonds is 10. The summed E-state index contributed by atoms with van der Waals surface area (Å²) in [6.07, 6.45) is 6.56. The van der Waals surface area contributed by atoms with E-state index in [1.165, 1.54) is 30.2 Å². The first-order valence-corrected chi connectivity index (χ1v) is 14.9. The molecule has 4 rings (SSSR count). The molecule has 0 aromatic rings. The first-order chi connectivity index (χ1) is 20.1. The molecule has 3 aliphatic carbocycles. The van der Waals surface area contributed by atoms with Gasteiger partial charge < -0.3 is 25.6 Å². The van der Waals surface area contributed by atoms with Crippen LogP contribution in [-0.4, -0.2) is 77.2 Å². The molecule has 3 fully saturated rings. The molecule has 1 heterocycles. The van der Waals surface area contributed by atoms with Crippen molar-refractivity contribution in [2.45, 2.75) is 90.9 Å². The van der Waals surface area contributed by atoms with Crippen LogP contribution in [0.4, 0.5) is 4.79 Å². The topological polar surface area (TPSA) is 177 Å². The number of carbonyl (C=O) groups is 5. The van der Waals surface area contributed by atoms with Gasteiger partial charge in [0.1, 0.15) is 17.8 Å². The predicted molar refractivity (Wildman–Crippen MR) is 155 cm³/mol. The molecule has 1 saturated heterocycles. The van der Waals surface area contributed by atoms with E-state index in [2.05, 4.69) is 16.0 Å². The van der Waals surface area contributed by atoms with Crippen molar-refractivity contribution in [1.29, 1.82) is 0 Å². The lowest BCUT2D eigenvalue weighted by Crippen LogP contribution is -2.60. The van der Waals surface area contributed by atoms with Crippen LogP contribution < -0.4 is 16.0 Å². The Kier molecular flexibility index (Phi) is 9.03. The second kappa shape index (κ2) is 12.1. The van der Waals surface area contributed by atoms with Gasteiger partial charge in [-0.15, -0.1) is 0 Å². The molecule has 0 radical (unpaired) electrons. The van der Waals surface area contributed by atoms with Gasteiger partial charge >= 0.3 is 6.09 Å². The molecular weight excluding hydrogens is 558 g/mol. The fourth-order valence-corrected chi connectivity index (χ4v) is 6.54. The quantitative estimate of drug-likeness (QED) is 0.194. The zero-order chi connectivity index (χ0) is 31.9. The summed E-state index contributed by atoms with van der Waals surface area (Å²) in [6, 6.07) is -3.82. The van der Waals surface area contributed by atoms with Gasteiger partial charge in [0.15, 0.2) is 0 Å². The molecule has 13 heteroatoms. The van der Waals surface area contributed by atoms with Crippen LogP contribution in [0, 0.1) is 38.7 Å². The molecule has 13 nitrogen and oxygen atoms in total. The Balaban J connectivity index is 1.50. The summed E-state index contributed by atoms with van der Waals surface area (Å²) in [5.41, 5.74) is -0.965. The number of ether oxygens (including phenoxy) is 1. The highest BCUT2D eigenvalue weighted by molar-refractivity contribution is 6.38. The predicted octanol–water partition coefficient (Wildman–Crippen LogP) is 2.09. The third-order valence-electron chi connectivity index (χ3n) is 9.54. The Hall–Kier alpha value is -3.77. The van der Waals surface area contributed by atoms with E-state index in [0.717, 1.165) is 19.3 Å². The average molecular weight is 602 g/mol. The fraction of sp³-hybridized carbons (Fsp3) is 0.700. The van der Waals surface area contributed by atoms with Crippen molar-refractivity contribution >= 4 is 29.6 Å². The molecule has 0 bridgehead atoms. The highest BCUT2D eigenvalue weighted by Crippen LogP contribution is 2.65. The Labute approximate surface area is 251 Å². The van der Waals surface area contributed by atoms with Crippen LogP contribution in [0.15, 0.2) is 24.0 Å². The molecule has 4 aliphatic rings. The Morgan fingerprint density at radius 2 is 1.84 bits per heavy atom. The summed E-state index contributed by atoms with van der Waals surface area (Å²) in [5.74, 6) is -2.13. The standard InChI is InChI=1S/C30H43N5O8/c1-29(2,3)24(33-28(40)43-18-12-10-17(11-13-18)35(41)42)27(39)34-15-19-21(30(19,4)5)22(34)25(37)32-20(14-16-8-7-9-16)23(36)26(38)31-6/h10,12-13,16-17,19-22,24H,7-9,11,14-15H2,1-6H3,(H,31,38)(H,32,37)(H,33,40)/t17?,19-,20?,21-,22-,24+/m0/s1. The van der Waals surface area contributed by atoms with Gasteiger partial charge in [0.25, 0.3) is 5.91 Å². The monoisotopic (exact) mass is 601 g/mol. The second-order valence-electron chi connectivity index (χ2n) is 13.8. The SMILES string of the molecule is CNC(=O)C(=O)C(CC1CCC1)NC(=O)[C@@H]1[C@@H]2[C@H](CN1C(=O)[C@@H](NC(=O)OC1=CCC([N+](=O)[O-])C=C1)C(C)(C)C)C2(C)C. The average Bonchev–Trinajstić information content (AvgIpc) is 3.22. The van der Waals surface area contributed by atoms with Crippen LogP contribution >= 0.6 is 0 Å². The van der Waals surface area contributed by atoms with Gasteiger partial charge in [-0.2, -0.15) is 0 Å². The molecule has 6 atom stereocenters. The number of nitrogens with zero attached hydrogens (tertiary/aromatic N) is 2. The molecule has 3 N–H and O–H groups in total. The summed E-state index contributed by atoms with van der Waals surface area (Å²) >= 11 is 0. The van der Waals surface area contributed by atoms with Crippen LogP contribution in [0.3, 0.4) is 0 Å². The van der Waals surface area contributed by atoms with E-state index < -0.39 is 64.1 Å². The Morgan fingerprint density at radius 1 is 1.16 bits per heavy atom. The third kappa shape index (κ3) is 6.75. The molecule has 4 amide bonds. The van der Waals surface area contributed by atoms with Crippen molar-refractivity contribution < 1.29 is 33.6 Å². The summed E-state index contributed by atoms with van der Waals surface area (Å²) in [6.45, 7) is 9.73. The first kappa shape index (κ1) is 32.2. The summed E-state index contributed by atoms with van der Waals surface area (Å²) in [7, 11) is 1.37. The number of alkyl carbamates (subject to hydrolysis) is 1. The van der Waals surface area contributed by atoms with E-state index in [1.807, 2.05) is 13.8 Å². The van der Waals surface area contributed by atoms with Crippen molar-refractivity contribution in [2.24, 2.45) is 28.6 Å².